The maximum atomic E-state index is 11.4. The molecule has 1 aromatic heterocycles. The summed E-state index contributed by atoms with van der Waals surface area (Å²) in [6.45, 7) is 3.40. The first kappa shape index (κ1) is 13.5. The predicted molar refractivity (Wildman–Crippen MR) is 72.2 cm³/mol. The highest BCUT2D eigenvalue weighted by molar-refractivity contribution is 6.04. The summed E-state index contributed by atoms with van der Waals surface area (Å²) in [5.41, 5.74) is 0.450. The molecular formula is C15H11NO4. The van der Waals surface area contributed by atoms with Crippen LogP contribution in [0.5, 0.6) is 11.6 Å². The Bertz CT molecular complexity index is 662. The van der Waals surface area contributed by atoms with Gasteiger partial charge in [-0.1, -0.05) is 6.58 Å². The Labute approximate surface area is 115 Å². The van der Waals surface area contributed by atoms with Crippen molar-refractivity contribution in [2.45, 2.75) is 0 Å². The SMILES string of the molecule is C=CC(=O)c1ccc(Oc2ncccc2C(=O)O)cc1. The molecule has 0 fully saturated rings. The summed E-state index contributed by atoms with van der Waals surface area (Å²) in [6.07, 6.45) is 2.66. The lowest BCUT2D eigenvalue weighted by Crippen LogP contribution is -2.01. The molecule has 0 saturated carbocycles. The van der Waals surface area contributed by atoms with Gasteiger partial charge in [0.25, 0.3) is 0 Å². The number of aromatic nitrogens is 1. The monoisotopic (exact) mass is 269 g/mol. The molecule has 2 rings (SSSR count). The lowest BCUT2D eigenvalue weighted by molar-refractivity contribution is 0.0693. The molecule has 0 atom stereocenters. The summed E-state index contributed by atoms with van der Waals surface area (Å²) in [6, 6.07) is 9.20. The molecule has 5 heteroatoms. The number of nitrogens with zero attached hydrogens (tertiary/aromatic N) is 1. The van der Waals surface area contributed by atoms with Gasteiger partial charge in [0, 0.05) is 11.8 Å². The van der Waals surface area contributed by atoms with Gasteiger partial charge in [0.15, 0.2) is 5.78 Å². The number of carbonyl (C=O) groups is 2. The number of hydrogen-bond donors (Lipinski definition) is 1. The standard InChI is InChI=1S/C15H11NO4/c1-2-13(17)10-5-7-11(8-6-10)20-14-12(15(18)19)4-3-9-16-14/h2-9H,1H2,(H,18,19). The van der Waals surface area contributed by atoms with Gasteiger partial charge in [0.1, 0.15) is 11.3 Å². The first-order chi connectivity index (χ1) is 9.61. The summed E-state index contributed by atoms with van der Waals surface area (Å²) >= 11 is 0. The van der Waals surface area contributed by atoms with Crippen LogP contribution < -0.4 is 4.74 Å². The number of aromatic carboxylic acids is 1. The minimum Gasteiger partial charge on any atom is -0.477 e. The van der Waals surface area contributed by atoms with Crippen molar-refractivity contribution in [3.8, 4) is 11.6 Å². The molecule has 1 heterocycles. The highest BCUT2D eigenvalue weighted by atomic mass is 16.5. The van der Waals surface area contributed by atoms with E-state index in [0.717, 1.165) is 0 Å². The first-order valence-corrected chi connectivity index (χ1v) is 5.75. The molecule has 2 aromatic rings. The van der Waals surface area contributed by atoms with Crippen LogP contribution in [0.3, 0.4) is 0 Å². The van der Waals surface area contributed by atoms with Gasteiger partial charge in [0.05, 0.1) is 0 Å². The molecule has 0 saturated heterocycles. The predicted octanol–water partition coefficient (Wildman–Crippen LogP) is 2.94. The summed E-state index contributed by atoms with van der Waals surface area (Å²) in [7, 11) is 0. The van der Waals surface area contributed by atoms with Crippen molar-refractivity contribution in [2.24, 2.45) is 0 Å². The van der Waals surface area contributed by atoms with Gasteiger partial charge in [-0.3, -0.25) is 4.79 Å². The molecule has 1 aromatic carbocycles. The zero-order valence-electron chi connectivity index (χ0n) is 10.4. The highest BCUT2D eigenvalue weighted by Gasteiger charge is 2.12. The van der Waals surface area contributed by atoms with Crippen molar-refractivity contribution in [3.63, 3.8) is 0 Å². The smallest absolute Gasteiger partial charge is 0.341 e. The van der Waals surface area contributed by atoms with Crippen molar-refractivity contribution in [3.05, 3.63) is 66.4 Å². The maximum absolute atomic E-state index is 11.4. The van der Waals surface area contributed by atoms with Crippen LogP contribution >= 0.6 is 0 Å². The van der Waals surface area contributed by atoms with Crippen LogP contribution in [0.4, 0.5) is 0 Å². The second-order valence-electron chi connectivity index (χ2n) is 3.86. The second-order valence-corrected chi connectivity index (χ2v) is 3.86. The fraction of sp³-hybridized carbons (Fsp3) is 0. The van der Waals surface area contributed by atoms with Gasteiger partial charge >= 0.3 is 5.97 Å². The third-order valence-electron chi connectivity index (χ3n) is 2.54. The van der Waals surface area contributed by atoms with Gasteiger partial charge in [-0.05, 0) is 42.5 Å². The quantitative estimate of drug-likeness (QED) is 0.667. The Hall–Kier alpha value is -2.95. The van der Waals surface area contributed by atoms with Crippen molar-refractivity contribution < 1.29 is 19.4 Å². The van der Waals surface area contributed by atoms with Crippen molar-refractivity contribution >= 4 is 11.8 Å². The number of hydrogen-bond acceptors (Lipinski definition) is 4. The van der Waals surface area contributed by atoms with E-state index >= 15 is 0 Å². The Morgan fingerprint density at radius 2 is 1.90 bits per heavy atom. The van der Waals surface area contributed by atoms with E-state index in [-0.39, 0.29) is 17.2 Å². The molecule has 0 unspecified atom stereocenters. The molecule has 0 radical (unpaired) electrons. The molecule has 1 N–H and O–H groups in total. The van der Waals surface area contributed by atoms with Crippen LogP contribution in [0.15, 0.2) is 55.3 Å². The van der Waals surface area contributed by atoms with Gasteiger partial charge in [-0.2, -0.15) is 0 Å². The van der Waals surface area contributed by atoms with Gasteiger partial charge in [-0.15, -0.1) is 0 Å². The fourth-order valence-corrected chi connectivity index (χ4v) is 1.55. The minimum atomic E-state index is -1.12. The fourth-order valence-electron chi connectivity index (χ4n) is 1.55. The average molecular weight is 269 g/mol. The topological polar surface area (TPSA) is 76.5 Å². The Morgan fingerprint density at radius 1 is 1.20 bits per heavy atom. The van der Waals surface area contributed by atoms with E-state index in [4.69, 9.17) is 9.84 Å². The molecular weight excluding hydrogens is 258 g/mol. The molecule has 0 spiro atoms. The molecule has 20 heavy (non-hydrogen) atoms. The van der Waals surface area contributed by atoms with E-state index in [0.29, 0.717) is 11.3 Å². The summed E-state index contributed by atoms with van der Waals surface area (Å²) in [5, 5.41) is 9.02. The van der Waals surface area contributed by atoms with E-state index in [2.05, 4.69) is 11.6 Å². The number of allylic oxidation sites excluding steroid dienone is 1. The zero-order valence-corrected chi connectivity index (χ0v) is 10.4. The number of ether oxygens (including phenoxy) is 1. The number of rotatable bonds is 5. The molecule has 0 aliphatic rings. The lowest BCUT2D eigenvalue weighted by Gasteiger charge is -2.07. The average Bonchev–Trinajstić information content (AvgIpc) is 2.47. The van der Waals surface area contributed by atoms with Crippen molar-refractivity contribution in [1.29, 1.82) is 0 Å². The molecule has 0 amide bonds. The summed E-state index contributed by atoms with van der Waals surface area (Å²) in [4.78, 5) is 26.3. The minimum absolute atomic E-state index is 0.00259. The summed E-state index contributed by atoms with van der Waals surface area (Å²) in [5.74, 6) is -0.915. The van der Waals surface area contributed by atoms with Crippen LogP contribution in [-0.2, 0) is 0 Å². The molecule has 100 valence electrons. The number of pyridine rings is 1. The second kappa shape index (κ2) is 5.79. The number of ketones is 1. The van der Waals surface area contributed by atoms with Gasteiger partial charge in [0.2, 0.25) is 5.88 Å². The zero-order chi connectivity index (χ0) is 14.5. The van der Waals surface area contributed by atoms with Crippen molar-refractivity contribution in [2.75, 3.05) is 0 Å². The molecule has 0 aliphatic heterocycles. The number of carboxylic acids is 1. The van der Waals surface area contributed by atoms with Crippen LogP contribution in [0.25, 0.3) is 0 Å². The number of carboxylic acid groups (broad SMARTS) is 1. The van der Waals surface area contributed by atoms with E-state index in [1.54, 1.807) is 24.3 Å². The van der Waals surface area contributed by atoms with Gasteiger partial charge in [-0.25, -0.2) is 9.78 Å². The summed E-state index contributed by atoms with van der Waals surface area (Å²) < 4.78 is 5.41. The van der Waals surface area contributed by atoms with Gasteiger partial charge < -0.3 is 9.84 Å². The first-order valence-electron chi connectivity index (χ1n) is 5.75. The highest BCUT2D eigenvalue weighted by Crippen LogP contribution is 2.23. The van der Waals surface area contributed by atoms with Crippen LogP contribution in [0.2, 0.25) is 0 Å². The van der Waals surface area contributed by atoms with E-state index in [1.807, 2.05) is 0 Å². The van der Waals surface area contributed by atoms with E-state index in [9.17, 15) is 9.59 Å². The van der Waals surface area contributed by atoms with Crippen LogP contribution in [-0.4, -0.2) is 21.8 Å². The van der Waals surface area contributed by atoms with E-state index in [1.165, 1.54) is 24.4 Å². The largest absolute Gasteiger partial charge is 0.477 e. The number of carbonyl (C=O) groups excluding carboxylic acids is 1. The van der Waals surface area contributed by atoms with Crippen molar-refractivity contribution in [1.82, 2.24) is 4.98 Å². The Balaban J connectivity index is 2.25. The molecule has 5 nitrogen and oxygen atoms in total. The Morgan fingerprint density at radius 3 is 2.50 bits per heavy atom. The lowest BCUT2D eigenvalue weighted by atomic mass is 10.1. The normalized spacial score (nSPS) is 9.80. The third-order valence-corrected chi connectivity index (χ3v) is 2.54. The molecule has 0 aliphatic carbocycles. The van der Waals surface area contributed by atoms with Crippen LogP contribution in [0, 0.1) is 0 Å². The number of benzene rings is 1. The maximum Gasteiger partial charge on any atom is 0.341 e. The van der Waals surface area contributed by atoms with E-state index < -0.39 is 5.97 Å². The Kier molecular flexibility index (Phi) is 3.91. The van der Waals surface area contributed by atoms with Crippen LogP contribution in [0.1, 0.15) is 20.7 Å². The molecule has 0 bridgehead atoms. The third kappa shape index (κ3) is 2.89.